The monoisotopic (exact) mass is 134 g/mol. The van der Waals surface area contributed by atoms with Gasteiger partial charge in [-0.2, -0.15) is 0 Å². The van der Waals surface area contributed by atoms with Crippen LogP contribution in [-0.4, -0.2) is 31.2 Å². The Balaban J connectivity index is 0.000000291. The van der Waals surface area contributed by atoms with Crippen molar-refractivity contribution in [1.82, 2.24) is 0 Å². The highest BCUT2D eigenvalue weighted by atomic mass is 16.7. The lowest BCUT2D eigenvalue weighted by Gasteiger charge is -2.16. The maximum absolute atomic E-state index is 8.56. The zero-order valence-corrected chi connectivity index (χ0v) is 5.96. The van der Waals surface area contributed by atoms with E-state index in [1.165, 1.54) is 0 Å². The summed E-state index contributed by atoms with van der Waals surface area (Å²) in [6.07, 6.45) is -0.686. The average molecular weight is 134 g/mol. The minimum Gasteiger partial charge on any atom is -0.374 e. The van der Waals surface area contributed by atoms with Gasteiger partial charge in [-0.05, 0) is 0 Å². The molecule has 1 atom stereocenters. The summed E-state index contributed by atoms with van der Waals surface area (Å²) < 4.78 is 9.52. The van der Waals surface area contributed by atoms with Crippen molar-refractivity contribution in [2.75, 3.05) is 19.8 Å². The van der Waals surface area contributed by atoms with Crippen molar-refractivity contribution in [3.05, 3.63) is 0 Å². The van der Waals surface area contributed by atoms with Crippen LogP contribution in [0.5, 0.6) is 0 Å². The van der Waals surface area contributed by atoms with Crippen LogP contribution in [0.25, 0.3) is 0 Å². The van der Waals surface area contributed by atoms with Gasteiger partial charge in [0.2, 0.25) is 0 Å². The van der Waals surface area contributed by atoms with Gasteiger partial charge >= 0.3 is 0 Å². The number of hydrogen-bond acceptors (Lipinski definition) is 3. The van der Waals surface area contributed by atoms with E-state index >= 15 is 0 Å². The second kappa shape index (κ2) is 6.01. The lowest BCUT2D eigenvalue weighted by Crippen LogP contribution is -2.27. The quantitative estimate of drug-likeness (QED) is 0.520. The first kappa shape index (κ1) is 8.88. The van der Waals surface area contributed by atoms with Crippen molar-refractivity contribution in [2.24, 2.45) is 0 Å². The Morgan fingerprint density at radius 2 is 2.00 bits per heavy atom. The summed E-state index contributed by atoms with van der Waals surface area (Å²) in [5.41, 5.74) is 0. The lowest BCUT2D eigenvalue weighted by molar-refractivity contribution is -0.184. The van der Waals surface area contributed by atoms with E-state index in [9.17, 15) is 0 Å². The Labute approximate surface area is 55.6 Å². The van der Waals surface area contributed by atoms with Crippen molar-refractivity contribution in [1.29, 1.82) is 0 Å². The van der Waals surface area contributed by atoms with E-state index in [0.717, 1.165) is 0 Å². The van der Waals surface area contributed by atoms with Crippen molar-refractivity contribution >= 4 is 0 Å². The number of aliphatic hydroxyl groups excluding tert-OH is 1. The Kier molecular flexibility index (Phi) is 5.93. The highest BCUT2D eigenvalue weighted by Crippen LogP contribution is 1.94. The van der Waals surface area contributed by atoms with Crippen LogP contribution in [0.3, 0.4) is 0 Å². The summed E-state index contributed by atoms with van der Waals surface area (Å²) in [5, 5.41) is 8.56. The van der Waals surface area contributed by atoms with Crippen molar-refractivity contribution in [3.63, 3.8) is 0 Å². The Hall–Kier alpha value is -0.120. The van der Waals surface area contributed by atoms with E-state index < -0.39 is 6.29 Å². The molecule has 3 heteroatoms. The first-order valence-electron chi connectivity index (χ1n) is 3.27. The minimum atomic E-state index is -0.686. The van der Waals surface area contributed by atoms with Crippen LogP contribution >= 0.6 is 0 Å². The van der Waals surface area contributed by atoms with Gasteiger partial charge in [-0.15, -0.1) is 0 Å². The molecule has 0 aliphatic carbocycles. The first-order chi connectivity index (χ1) is 4.39. The predicted octanol–water partition coefficient (Wildman–Crippen LogP) is 0.378. The predicted molar refractivity (Wildman–Crippen MR) is 34.1 cm³/mol. The van der Waals surface area contributed by atoms with Crippen LogP contribution in [0.4, 0.5) is 0 Å². The lowest BCUT2D eigenvalue weighted by atomic mass is 10.6. The third kappa shape index (κ3) is 4.39. The third-order valence-corrected chi connectivity index (χ3v) is 0.798. The molecule has 0 saturated carbocycles. The number of hydrogen-bond donors (Lipinski definition) is 1. The highest BCUT2D eigenvalue weighted by molar-refractivity contribution is 4.43. The van der Waals surface area contributed by atoms with Gasteiger partial charge in [0.1, 0.15) is 0 Å². The maximum Gasteiger partial charge on any atom is 0.178 e. The molecule has 3 nitrogen and oxygen atoms in total. The van der Waals surface area contributed by atoms with E-state index in [1.807, 2.05) is 13.8 Å². The van der Waals surface area contributed by atoms with Gasteiger partial charge in [-0.25, -0.2) is 0 Å². The molecule has 0 spiro atoms. The summed E-state index contributed by atoms with van der Waals surface area (Å²) in [5.74, 6) is 0. The molecule has 1 heterocycles. The third-order valence-electron chi connectivity index (χ3n) is 0.798. The normalized spacial score (nSPS) is 26.3. The maximum atomic E-state index is 8.56. The molecule has 0 bridgehead atoms. The smallest absolute Gasteiger partial charge is 0.178 e. The fraction of sp³-hybridized carbons (Fsp3) is 1.00. The summed E-state index contributed by atoms with van der Waals surface area (Å²) in [7, 11) is 0. The van der Waals surface area contributed by atoms with E-state index in [1.54, 1.807) is 0 Å². The molecule has 1 unspecified atom stereocenters. The Bertz CT molecular complexity index is 50.3. The zero-order chi connectivity index (χ0) is 7.11. The van der Waals surface area contributed by atoms with Crippen LogP contribution < -0.4 is 0 Å². The molecule has 56 valence electrons. The summed E-state index contributed by atoms with van der Waals surface area (Å²) >= 11 is 0. The van der Waals surface area contributed by atoms with Crippen LogP contribution in [0.15, 0.2) is 0 Å². The van der Waals surface area contributed by atoms with E-state index in [2.05, 4.69) is 0 Å². The molecule has 0 aromatic heterocycles. The second-order valence-corrected chi connectivity index (χ2v) is 1.40. The largest absolute Gasteiger partial charge is 0.374 e. The van der Waals surface area contributed by atoms with Crippen molar-refractivity contribution in [3.8, 4) is 0 Å². The molecule has 1 N–H and O–H groups in total. The highest BCUT2D eigenvalue weighted by Gasteiger charge is 2.07. The average Bonchev–Trinajstić information content (AvgIpc) is 1.94. The zero-order valence-electron chi connectivity index (χ0n) is 5.96. The van der Waals surface area contributed by atoms with Gasteiger partial charge in [0.05, 0.1) is 19.8 Å². The fourth-order valence-corrected chi connectivity index (χ4v) is 0.475. The molecule has 0 aromatic carbocycles. The number of aliphatic hydroxyl groups is 1. The van der Waals surface area contributed by atoms with Gasteiger partial charge in [-0.1, -0.05) is 13.8 Å². The molecular formula is C6H14O3. The summed E-state index contributed by atoms with van der Waals surface area (Å²) in [4.78, 5) is 0. The standard InChI is InChI=1S/C4H8O3.C2H6/c5-4-3-6-1-2-7-4;1-2/h4-5H,1-3H2;1-2H3. The van der Waals surface area contributed by atoms with E-state index in [-0.39, 0.29) is 0 Å². The van der Waals surface area contributed by atoms with Crippen LogP contribution in [0.2, 0.25) is 0 Å². The Morgan fingerprint density at radius 3 is 2.22 bits per heavy atom. The fourth-order valence-electron chi connectivity index (χ4n) is 0.475. The summed E-state index contributed by atoms with van der Waals surface area (Å²) in [6.45, 7) is 5.44. The van der Waals surface area contributed by atoms with Gasteiger partial charge < -0.3 is 14.6 Å². The van der Waals surface area contributed by atoms with Crippen LogP contribution in [-0.2, 0) is 9.47 Å². The van der Waals surface area contributed by atoms with Crippen molar-refractivity contribution in [2.45, 2.75) is 20.1 Å². The number of ether oxygens (including phenoxy) is 2. The molecule has 1 aliphatic heterocycles. The molecule has 1 fully saturated rings. The van der Waals surface area contributed by atoms with E-state index in [0.29, 0.717) is 19.8 Å². The summed E-state index contributed by atoms with van der Waals surface area (Å²) in [6, 6.07) is 0. The topological polar surface area (TPSA) is 38.7 Å². The van der Waals surface area contributed by atoms with Gasteiger partial charge in [0.25, 0.3) is 0 Å². The Morgan fingerprint density at radius 1 is 1.33 bits per heavy atom. The van der Waals surface area contributed by atoms with Gasteiger partial charge in [0, 0.05) is 0 Å². The molecule has 0 radical (unpaired) electrons. The SMILES string of the molecule is CC.OC1COCCO1. The second-order valence-electron chi connectivity index (χ2n) is 1.40. The van der Waals surface area contributed by atoms with Gasteiger partial charge in [-0.3, -0.25) is 0 Å². The van der Waals surface area contributed by atoms with Crippen LogP contribution in [0.1, 0.15) is 13.8 Å². The molecule has 1 saturated heterocycles. The minimum absolute atomic E-state index is 0.319. The molecular weight excluding hydrogens is 120 g/mol. The number of rotatable bonds is 0. The molecule has 9 heavy (non-hydrogen) atoms. The molecule has 0 aromatic rings. The van der Waals surface area contributed by atoms with Crippen LogP contribution in [0, 0.1) is 0 Å². The molecule has 1 rings (SSSR count). The van der Waals surface area contributed by atoms with E-state index in [4.69, 9.17) is 14.6 Å². The first-order valence-corrected chi connectivity index (χ1v) is 3.27. The van der Waals surface area contributed by atoms with Crippen molar-refractivity contribution < 1.29 is 14.6 Å². The van der Waals surface area contributed by atoms with Gasteiger partial charge in [0.15, 0.2) is 6.29 Å². The molecule has 1 aliphatic rings. The molecule has 0 amide bonds.